The summed E-state index contributed by atoms with van der Waals surface area (Å²) in [5.41, 5.74) is -0.612. The lowest BCUT2D eigenvalue weighted by molar-refractivity contribution is -0.137. The number of benzene rings is 1. The van der Waals surface area contributed by atoms with Crippen LogP contribution in [0.25, 0.3) is 0 Å². The van der Waals surface area contributed by atoms with Crippen LogP contribution in [0.4, 0.5) is 0 Å². The molecule has 0 atom stereocenters. The molecule has 1 aromatic carbocycles. The second kappa shape index (κ2) is 12.4. The lowest BCUT2D eigenvalue weighted by Crippen LogP contribution is -2.29. The van der Waals surface area contributed by atoms with Crippen molar-refractivity contribution >= 4 is 30.1 Å². The Bertz CT molecular complexity index is 627. The van der Waals surface area contributed by atoms with E-state index in [9.17, 15) is 14.4 Å². The summed E-state index contributed by atoms with van der Waals surface area (Å²) in [4.78, 5) is 36.8. The zero-order chi connectivity index (χ0) is 20.4. The van der Waals surface area contributed by atoms with E-state index >= 15 is 0 Å². The number of carbonyl (C=O) groups excluding carboxylic acids is 1. The number of ether oxygens (including phenoxy) is 1. The molecule has 0 spiro atoms. The topological polar surface area (TPSA) is 104 Å². The summed E-state index contributed by atoms with van der Waals surface area (Å²) in [5, 5.41) is 17.9. The van der Waals surface area contributed by atoms with Gasteiger partial charge in [0.15, 0.2) is 5.78 Å². The van der Waals surface area contributed by atoms with Crippen LogP contribution in [0.5, 0.6) is 5.75 Å². The van der Waals surface area contributed by atoms with Crippen molar-refractivity contribution in [1.29, 1.82) is 0 Å². The first-order valence-corrected chi connectivity index (χ1v) is 9.00. The van der Waals surface area contributed by atoms with Gasteiger partial charge in [0.2, 0.25) is 0 Å². The molecule has 0 aliphatic carbocycles. The van der Waals surface area contributed by atoms with Gasteiger partial charge in [-0.2, -0.15) is 0 Å². The Kier molecular flexibility index (Phi) is 11.4. The fourth-order valence-corrected chi connectivity index (χ4v) is 2.74. The highest BCUT2D eigenvalue weighted by atomic mass is 35.5. The van der Waals surface area contributed by atoms with Crippen LogP contribution in [-0.4, -0.2) is 60.1 Å². The lowest BCUT2D eigenvalue weighted by atomic mass is 9.75. The van der Waals surface area contributed by atoms with Gasteiger partial charge in [-0.15, -0.1) is 12.4 Å². The van der Waals surface area contributed by atoms with Crippen LogP contribution in [0.2, 0.25) is 0 Å². The summed E-state index contributed by atoms with van der Waals surface area (Å²) in [6.45, 7) is 3.12. The number of Topliss-reactive ketones (excluding diaryl/α,β-unsaturated/α-hetero) is 1. The molecule has 0 heterocycles. The molecule has 0 aromatic heterocycles. The molecule has 0 aliphatic heterocycles. The van der Waals surface area contributed by atoms with Crippen LogP contribution in [-0.2, 0) is 9.59 Å². The quantitative estimate of drug-likeness (QED) is 0.376. The molecule has 0 saturated heterocycles. The van der Waals surface area contributed by atoms with Crippen LogP contribution in [0, 0.1) is 5.41 Å². The molecule has 158 valence electrons. The number of hydrogen-bond donors (Lipinski definition) is 2. The Morgan fingerprint density at radius 1 is 1.00 bits per heavy atom. The predicted octanol–water partition coefficient (Wildman–Crippen LogP) is 3.36. The first kappa shape index (κ1) is 25.9. The molecular formula is C20H30ClNO6. The molecular weight excluding hydrogens is 386 g/mol. The fourth-order valence-electron chi connectivity index (χ4n) is 2.74. The van der Waals surface area contributed by atoms with Gasteiger partial charge >= 0.3 is 11.9 Å². The molecule has 0 saturated carbocycles. The molecule has 1 aromatic rings. The molecule has 7 nitrogen and oxygen atoms in total. The summed E-state index contributed by atoms with van der Waals surface area (Å²) in [7, 11) is 3.98. The molecule has 2 N–H and O–H groups in total. The Balaban J connectivity index is 0.00000729. The number of aliphatic carboxylic acids is 2. The van der Waals surface area contributed by atoms with Gasteiger partial charge in [0.1, 0.15) is 5.75 Å². The Morgan fingerprint density at radius 2 is 1.50 bits per heavy atom. The number of carboxylic acids is 2. The fraction of sp³-hybridized carbons (Fsp3) is 0.550. The van der Waals surface area contributed by atoms with Crippen LogP contribution in [0.3, 0.4) is 0 Å². The number of halogens is 1. The van der Waals surface area contributed by atoms with Gasteiger partial charge in [0.05, 0.1) is 6.61 Å². The second-order valence-corrected chi connectivity index (χ2v) is 7.21. The highest BCUT2D eigenvalue weighted by Crippen LogP contribution is 2.34. The van der Waals surface area contributed by atoms with Crippen molar-refractivity contribution in [1.82, 2.24) is 4.90 Å². The third kappa shape index (κ3) is 9.19. The maximum atomic E-state index is 12.9. The predicted molar refractivity (Wildman–Crippen MR) is 109 cm³/mol. The van der Waals surface area contributed by atoms with Gasteiger partial charge in [-0.3, -0.25) is 14.4 Å². The summed E-state index contributed by atoms with van der Waals surface area (Å²) in [5.74, 6) is -1.61. The van der Waals surface area contributed by atoms with Crippen molar-refractivity contribution in [2.24, 2.45) is 5.41 Å². The van der Waals surface area contributed by atoms with Gasteiger partial charge in [0.25, 0.3) is 0 Å². The second-order valence-electron chi connectivity index (χ2n) is 7.21. The first-order valence-electron chi connectivity index (χ1n) is 9.00. The van der Waals surface area contributed by atoms with Crippen molar-refractivity contribution in [3.8, 4) is 5.75 Å². The summed E-state index contributed by atoms with van der Waals surface area (Å²) >= 11 is 0. The van der Waals surface area contributed by atoms with E-state index in [2.05, 4.69) is 4.90 Å². The van der Waals surface area contributed by atoms with Crippen LogP contribution in [0.1, 0.15) is 49.4 Å². The molecule has 1 rings (SSSR count). The smallest absolute Gasteiger partial charge is 0.303 e. The minimum atomic E-state index is -1.04. The first-order chi connectivity index (χ1) is 12.6. The van der Waals surface area contributed by atoms with Crippen molar-refractivity contribution in [3.63, 3.8) is 0 Å². The number of nitrogens with zero attached hydrogens (tertiary/aromatic N) is 1. The molecule has 0 amide bonds. The normalized spacial score (nSPS) is 11.0. The van der Waals surface area contributed by atoms with Crippen LogP contribution >= 0.6 is 12.4 Å². The summed E-state index contributed by atoms with van der Waals surface area (Å²) < 4.78 is 5.64. The monoisotopic (exact) mass is 415 g/mol. The van der Waals surface area contributed by atoms with Crippen LogP contribution in [0.15, 0.2) is 24.3 Å². The van der Waals surface area contributed by atoms with Crippen molar-refractivity contribution in [3.05, 3.63) is 29.8 Å². The Hall–Kier alpha value is -2.12. The average Bonchev–Trinajstić information content (AvgIpc) is 2.61. The van der Waals surface area contributed by atoms with E-state index in [1.807, 2.05) is 14.1 Å². The van der Waals surface area contributed by atoms with Crippen molar-refractivity contribution in [2.75, 3.05) is 27.2 Å². The molecule has 28 heavy (non-hydrogen) atoms. The molecule has 8 heteroatoms. The SMILES string of the molecule is CN(C)CCCOc1ccc(C(=O)C(C)(CCC(=O)O)CCC(=O)O)cc1.Cl. The van der Waals surface area contributed by atoms with Gasteiger partial charge in [0, 0.05) is 30.4 Å². The van der Waals surface area contributed by atoms with E-state index in [1.165, 1.54) is 0 Å². The standard InChI is InChI=1S/C20H29NO6.ClH/c1-20(11-9-17(22)23,12-10-18(24)25)19(26)15-5-7-16(8-6-15)27-14-4-13-21(2)3;/h5-8H,4,9-14H2,1-3H3,(H,22,23)(H,24,25);1H. The van der Waals surface area contributed by atoms with Crippen LogP contribution < -0.4 is 4.74 Å². The minimum Gasteiger partial charge on any atom is -0.494 e. The summed E-state index contributed by atoms with van der Waals surface area (Å²) in [6.07, 6.45) is 0.703. The Morgan fingerprint density at radius 3 is 1.93 bits per heavy atom. The third-order valence-electron chi connectivity index (χ3n) is 4.46. The van der Waals surface area contributed by atoms with E-state index in [1.54, 1.807) is 31.2 Å². The van der Waals surface area contributed by atoms with E-state index < -0.39 is 17.4 Å². The van der Waals surface area contributed by atoms with E-state index in [-0.39, 0.29) is 43.9 Å². The zero-order valence-corrected chi connectivity index (χ0v) is 17.5. The largest absolute Gasteiger partial charge is 0.494 e. The molecule has 0 radical (unpaired) electrons. The zero-order valence-electron chi connectivity index (χ0n) is 16.6. The van der Waals surface area contributed by atoms with Gasteiger partial charge in [-0.05, 0) is 57.6 Å². The number of carboxylic acid groups (broad SMARTS) is 2. The molecule has 0 unspecified atom stereocenters. The van der Waals surface area contributed by atoms with Crippen molar-refractivity contribution < 1.29 is 29.3 Å². The maximum Gasteiger partial charge on any atom is 0.303 e. The van der Waals surface area contributed by atoms with Gasteiger partial charge in [-0.25, -0.2) is 0 Å². The molecule has 0 fully saturated rings. The van der Waals surface area contributed by atoms with E-state index in [0.717, 1.165) is 13.0 Å². The number of ketones is 1. The highest BCUT2D eigenvalue weighted by molar-refractivity contribution is 6.00. The van der Waals surface area contributed by atoms with E-state index in [0.29, 0.717) is 17.9 Å². The number of hydrogen-bond acceptors (Lipinski definition) is 5. The third-order valence-corrected chi connectivity index (χ3v) is 4.46. The number of rotatable bonds is 13. The minimum absolute atomic E-state index is 0. The molecule has 0 bridgehead atoms. The lowest BCUT2D eigenvalue weighted by Gasteiger charge is -2.27. The highest BCUT2D eigenvalue weighted by Gasteiger charge is 2.34. The van der Waals surface area contributed by atoms with Gasteiger partial charge < -0.3 is 19.8 Å². The van der Waals surface area contributed by atoms with E-state index in [4.69, 9.17) is 14.9 Å². The molecule has 0 aliphatic rings. The maximum absolute atomic E-state index is 12.9. The van der Waals surface area contributed by atoms with Crippen molar-refractivity contribution in [2.45, 2.75) is 39.0 Å². The van der Waals surface area contributed by atoms with Gasteiger partial charge in [-0.1, -0.05) is 6.92 Å². The number of carbonyl (C=O) groups is 3. The summed E-state index contributed by atoms with van der Waals surface area (Å²) in [6, 6.07) is 6.70. The Labute approximate surface area is 172 Å². The average molecular weight is 416 g/mol.